The molecule has 134 valence electrons. The van der Waals surface area contributed by atoms with E-state index in [1.807, 2.05) is 31.2 Å². The summed E-state index contributed by atoms with van der Waals surface area (Å²) >= 11 is 0. The summed E-state index contributed by atoms with van der Waals surface area (Å²) in [6.07, 6.45) is 3.31. The summed E-state index contributed by atoms with van der Waals surface area (Å²) in [5.74, 6) is -0.408. The van der Waals surface area contributed by atoms with E-state index >= 15 is 0 Å². The Morgan fingerprint density at radius 2 is 1.73 bits per heavy atom. The number of sulfone groups is 1. The Balaban J connectivity index is 1.89. The van der Waals surface area contributed by atoms with E-state index < -0.39 is 15.7 Å². The minimum atomic E-state index is -3.84. The van der Waals surface area contributed by atoms with Gasteiger partial charge in [0.2, 0.25) is 9.84 Å². The quantitative estimate of drug-likeness (QED) is 0.815. The van der Waals surface area contributed by atoms with E-state index in [9.17, 15) is 13.2 Å². The van der Waals surface area contributed by atoms with Gasteiger partial charge in [-0.15, -0.1) is 0 Å². The van der Waals surface area contributed by atoms with Gasteiger partial charge >= 0.3 is 0 Å². The standard InChI is InChI=1S/C20H20N2O3S/c1-15-7-6-8-16(13-15)22-14-19(20(23)21-11-4-5-12-21)26(24,25)18-10-3-2-9-17(18)22/h2-3,6-10,13-14H,4-5,11-12H2,1H3. The van der Waals surface area contributed by atoms with Crippen LogP contribution in [0.5, 0.6) is 0 Å². The molecule has 26 heavy (non-hydrogen) atoms. The number of fused-ring (bicyclic) bond motifs is 1. The molecule has 1 fully saturated rings. The number of rotatable bonds is 2. The molecule has 0 unspecified atom stereocenters. The Morgan fingerprint density at radius 1 is 1.00 bits per heavy atom. The highest BCUT2D eigenvalue weighted by Gasteiger charge is 2.38. The van der Waals surface area contributed by atoms with E-state index in [0.717, 1.165) is 24.1 Å². The second-order valence-electron chi connectivity index (χ2n) is 6.67. The topological polar surface area (TPSA) is 57.7 Å². The van der Waals surface area contributed by atoms with Crippen molar-refractivity contribution in [1.29, 1.82) is 0 Å². The highest BCUT2D eigenvalue weighted by molar-refractivity contribution is 7.96. The smallest absolute Gasteiger partial charge is 0.267 e. The zero-order valence-corrected chi connectivity index (χ0v) is 15.4. The predicted molar refractivity (Wildman–Crippen MR) is 101 cm³/mol. The number of likely N-dealkylation sites (tertiary alicyclic amines) is 1. The van der Waals surface area contributed by atoms with Gasteiger partial charge in [0.15, 0.2) is 4.91 Å². The first-order valence-electron chi connectivity index (χ1n) is 8.69. The number of aryl methyl sites for hydroxylation is 1. The lowest BCUT2D eigenvalue weighted by Gasteiger charge is -2.30. The number of carbonyl (C=O) groups is 1. The number of anilines is 2. The molecule has 1 amide bonds. The summed E-state index contributed by atoms with van der Waals surface area (Å²) < 4.78 is 26.2. The monoisotopic (exact) mass is 368 g/mol. The summed E-state index contributed by atoms with van der Waals surface area (Å²) in [5.41, 5.74) is 2.46. The molecule has 2 aliphatic heterocycles. The molecular weight excluding hydrogens is 348 g/mol. The van der Waals surface area contributed by atoms with E-state index in [-0.39, 0.29) is 9.80 Å². The van der Waals surface area contributed by atoms with Crippen LogP contribution in [-0.4, -0.2) is 32.3 Å². The minimum Gasteiger partial charge on any atom is -0.338 e. The Morgan fingerprint density at radius 3 is 2.46 bits per heavy atom. The molecule has 2 aromatic carbocycles. The van der Waals surface area contributed by atoms with Crippen LogP contribution in [0.25, 0.3) is 0 Å². The highest BCUT2D eigenvalue weighted by Crippen LogP contribution is 2.40. The number of carbonyl (C=O) groups excluding carboxylic acids is 1. The Labute approximate surface area is 153 Å². The zero-order valence-electron chi connectivity index (χ0n) is 14.6. The molecule has 6 heteroatoms. The molecule has 0 saturated carbocycles. The van der Waals surface area contributed by atoms with Gasteiger partial charge in [-0.05, 0) is 49.6 Å². The van der Waals surface area contributed by atoms with Gasteiger partial charge in [0.1, 0.15) is 0 Å². The van der Waals surface area contributed by atoms with Gasteiger partial charge in [-0.1, -0.05) is 24.3 Å². The molecule has 1 saturated heterocycles. The van der Waals surface area contributed by atoms with Gasteiger partial charge < -0.3 is 9.80 Å². The molecular formula is C20H20N2O3S. The van der Waals surface area contributed by atoms with Gasteiger partial charge in [-0.25, -0.2) is 8.42 Å². The minimum absolute atomic E-state index is 0.153. The number of hydrogen-bond donors (Lipinski definition) is 0. The summed E-state index contributed by atoms with van der Waals surface area (Å²) in [6, 6.07) is 14.6. The van der Waals surface area contributed by atoms with Gasteiger partial charge in [-0.3, -0.25) is 4.79 Å². The lowest BCUT2D eigenvalue weighted by atomic mass is 10.2. The number of benzene rings is 2. The maximum atomic E-state index is 13.1. The summed E-state index contributed by atoms with van der Waals surface area (Å²) in [6.45, 7) is 3.20. The van der Waals surface area contributed by atoms with Crippen molar-refractivity contribution in [1.82, 2.24) is 4.90 Å². The van der Waals surface area contributed by atoms with Crippen LogP contribution in [0.15, 0.2) is 64.5 Å². The van der Waals surface area contributed by atoms with Crippen molar-refractivity contribution in [2.24, 2.45) is 0 Å². The number of nitrogens with zero attached hydrogens (tertiary/aromatic N) is 2. The van der Waals surface area contributed by atoms with Crippen molar-refractivity contribution in [2.45, 2.75) is 24.7 Å². The Hall–Kier alpha value is -2.60. The summed E-state index contributed by atoms with van der Waals surface area (Å²) in [7, 11) is -3.84. The average molecular weight is 368 g/mol. The number of para-hydroxylation sites is 1. The fourth-order valence-corrected chi connectivity index (χ4v) is 5.04. The van der Waals surface area contributed by atoms with Gasteiger partial charge in [-0.2, -0.15) is 0 Å². The van der Waals surface area contributed by atoms with Crippen LogP contribution >= 0.6 is 0 Å². The number of amides is 1. The van der Waals surface area contributed by atoms with Crippen molar-refractivity contribution in [3.8, 4) is 0 Å². The fourth-order valence-electron chi connectivity index (χ4n) is 3.50. The van der Waals surface area contributed by atoms with Crippen molar-refractivity contribution >= 4 is 27.1 Å². The van der Waals surface area contributed by atoms with Crippen LogP contribution in [0.3, 0.4) is 0 Å². The van der Waals surface area contributed by atoms with Crippen molar-refractivity contribution < 1.29 is 13.2 Å². The van der Waals surface area contributed by atoms with Crippen LogP contribution in [0, 0.1) is 6.92 Å². The number of hydrogen-bond acceptors (Lipinski definition) is 4. The first-order valence-corrected chi connectivity index (χ1v) is 10.2. The van der Waals surface area contributed by atoms with E-state index in [2.05, 4.69) is 0 Å². The second kappa shape index (κ2) is 6.29. The molecule has 0 N–H and O–H groups in total. The van der Waals surface area contributed by atoms with Crippen molar-refractivity contribution in [3.05, 3.63) is 65.2 Å². The lowest BCUT2D eigenvalue weighted by Crippen LogP contribution is -2.35. The van der Waals surface area contributed by atoms with E-state index in [0.29, 0.717) is 18.8 Å². The second-order valence-corrected chi connectivity index (χ2v) is 8.56. The van der Waals surface area contributed by atoms with Gasteiger partial charge in [0, 0.05) is 25.0 Å². The predicted octanol–water partition coefficient (Wildman–Crippen LogP) is 3.38. The molecule has 0 aromatic heterocycles. The molecule has 2 heterocycles. The third-order valence-corrected chi connectivity index (χ3v) is 6.62. The first-order chi connectivity index (χ1) is 12.5. The van der Waals surface area contributed by atoms with E-state index in [4.69, 9.17) is 0 Å². The van der Waals surface area contributed by atoms with Crippen LogP contribution < -0.4 is 4.90 Å². The van der Waals surface area contributed by atoms with Crippen LogP contribution in [0.2, 0.25) is 0 Å². The molecule has 4 rings (SSSR count). The lowest BCUT2D eigenvalue weighted by molar-refractivity contribution is -0.125. The first kappa shape index (κ1) is 16.8. The van der Waals surface area contributed by atoms with Crippen molar-refractivity contribution in [3.63, 3.8) is 0 Å². The molecule has 0 spiro atoms. The third-order valence-electron chi connectivity index (χ3n) is 4.83. The summed E-state index contributed by atoms with van der Waals surface area (Å²) in [5, 5.41) is 0. The highest BCUT2D eigenvalue weighted by atomic mass is 32.2. The van der Waals surface area contributed by atoms with Crippen LogP contribution in [-0.2, 0) is 14.6 Å². The molecule has 2 aliphatic rings. The fraction of sp³-hybridized carbons (Fsp3) is 0.250. The third kappa shape index (κ3) is 2.70. The zero-order chi connectivity index (χ0) is 18.3. The molecule has 2 aromatic rings. The molecule has 0 bridgehead atoms. The average Bonchev–Trinajstić information content (AvgIpc) is 3.16. The molecule has 0 atom stereocenters. The Kier molecular flexibility index (Phi) is 4.07. The van der Waals surface area contributed by atoms with E-state index in [1.54, 1.807) is 34.1 Å². The summed E-state index contributed by atoms with van der Waals surface area (Å²) in [4.78, 5) is 16.4. The van der Waals surface area contributed by atoms with Gasteiger partial charge in [0.25, 0.3) is 5.91 Å². The molecule has 0 aliphatic carbocycles. The maximum absolute atomic E-state index is 13.1. The van der Waals surface area contributed by atoms with E-state index in [1.165, 1.54) is 6.20 Å². The van der Waals surface area contributed by atoms with Gasteiger partial charge in [0.05, 0.1) is 10.6 Å². The molecule has 0 radical (unpaired) electrons. The van der Waals surface area contributed by atoms with Crippen molar-refractivity contribution in [2.75, 3.05) is 18.0 Å². The maximum Gasteiger partial charge on any atom is 0.267 e. The SMILES string of the molecule is Cc1cccc(N2C=C(C(=O)N3CCCC3)S(=O)(=O)c3ccccc32)c1. The normalized spacial score (nSPS) is 18.4. The Bertz CT molecular complexity index is 1010. The van der Waals surface area contributed by atoms with Crippen LogP contribution in [0.1, 0.15) is 18.4 Å². The van der Waals surface area contributed by atoms with Crippen LogP contribution in [0.4, 0.5) is 11.4 Å². The molecule has 5 nitrogen and oxygen atoms in total. The largest absolute Gasteiger partial charge is 0.338 e.